The van der Waals surface area contributed by atoms with Crippen LogP contribution in [-0.2, 0) is 14.3 Å². The standard InChI is InChI=1S/C16H22O4/c1-12(17)20-16-6-4-3-5-15(16)13-7-9-14(10-8-13)19-11-18-2/h7-10,15-16H,3-6,11H2,1-2H3/t15-,16+/m0/s1. The minimum absolute atomic E-state index is 0.00648. The smallest absolute Gasteiger partial charge is 0.302 e. The van der Waals surface area contributed by atoms with Crippen molar-refractivity contribution in [1.82, 2.24) is 0 Å². The van der Waals surface area contributed by atoms with Gasteiger partial charge in [0.2, 0.25) is 0 Å². The Hall–Kier alpha value is -1.55. The maximum absolute atomic E-state index is 11.2. The SMILES string of the molecule is COCOc1ccc([C@@H]2CCCC[C@H]2OC(C)=O)cc1. The third-order valence-corrected chi connectivity index (χ3v) is 3.67. The van der Waals surface area contributed by atoms with Crippen LogP contribution < -0.4 is 4.74 Å². The van der Waals surface area contributed by atoms with Gasteiger partial charge in [-0.25, -0.2) is 0 Å². The Balaban J connectivity index is 2.05. The highest BCUT2D eigenvalue weighted by atomic mass is 16.7. The van der Waals surface area contributed by atoms with Crippen LogP contribution in [0.1, 0.15) is 44.1 Å². The van der Waals surface area contributed by atoms with Crippen molar-refractivity contribution in [3.8, 4) is 5.75 Å². The number of hydrogen-bond donors (Lipinski definition) is 0. The van der Waals surface area contributed by atoms with Gasteiger partial charge in [-0.05, 0) is 37.0 Å². The van der Waals surface area contributed by atoms with Gasteiger partial charge in [0.15, 0.2) is 6.79 Å². The molecule has 0 aromatic heterocycles. The summed E-state index contributed by atoms with van der Waals surface area (Å²) in [6, 6.07) is 7.98. The molecule has 0 radical (unpaired) electrons. The summed E-state index contributed by atoms with van der Waals surface area (Å²) >= 11 is 0. The Kier molecular flexibility index (Phi) is 5.41. The van der Waals surface area contributed by atoms with Crippen LogP contribution in [0.5, 0.6) is 5.75 Å². The Labute approximate surface area is 120 Å². The first-order chi connectivity index (χ1) is 9.70. The van der Waals surface area contributed by atoms with Crippen LogP contribution in [-0.4, -0.2) is 26.0 Å². The molecule has 0 bridgehead atoms. The minimum Gasteiger partial charge on any atom is -0.468 e. The summed E-state index contributed by atoms with van der Waals surface area (Å²) in [7, 11) is 1.60. The summed E-state index contributed by atoms with van der Waals surface area (Å²) in [6.07, 6.45) is 4.34. The summed E-state index contributed by atoms with van der Waals surface area (Å²) in [4.78, 5) is 11.2. The average molecular weight is 278 g/mol. The number of carbonyl (C=O) groups excluding carboxylic acids is 1. The topological polar surface area (TPSA) is 44.8 Å². The third-order valence-electron chi connectivity index (χ3n) is 3.67. The molecule has 2 atom stereocenters. The molecule has 1 fully saturated rings. The maximum Gasteiger partial charge on any atom is 0.302 e. The highest BCUT2D eigenvalue weighted by Crippen LogP contribution is 2.35. The highest BCUT2D eigenvalue weighted by Gasteiger charge is 2.28. The van der Waals surface area contributed by atoms with Crippen molar-refractivity contribution < 1.29 is 19.0 Å². The van der Waals surface area contributed by atoms with E-state index in [4.69, 9.17) is 14.2 Å². The van der Waals surface area contributed by atoms with E-state index in [2.05, 4.69) is 12.1 Å². The third kappa shape index (κ3) is 3.97. The molecule has 1 aromatic rings. The molecular weight excluding hydrogens is 256 g/mol. The number of carbonyl (C=O) groups is 1. The van der Waals surface area contributed by atoms with E-state index in [-0.39, 0.29) is 18.9 Å². The molecule has 4 nitrogen and oxygen atoms in total. The van der Waals surface area contributed by atoms with Crippen molar-refractivity contribution in [3.05, 3.63) is 29.8 Å². The first kappa shape index (κ1) is 14.9. The summed E-state index contributed by atoms with van der Waals surface area (Å²) < 4.78 is 15.7. The summed E-state index contributed by atoms with van der Waals surface area (Å²) in [5.74, 6) is 0.890. The minimum atomic E-state index is -0.193. The van der Waals surface area contributed by atoms with Crippen LogP contribution in [0.4, 0.5) is 0 Å². The number of hydrogen-bond acceptors (Lipinski definition) is 4. The molecule has 0 spiro atoms. The number of rotatable bonds is 5. The van der Waals surface area contributed by atoms with E-state index in [0.717, 1.165) is 25.0 Å². The Bertz CT molecular complexity index is 427. The van der Waals surface area contributed by atoms with E-state index in [1.54, 1.807) is 7.11 Å². The second-order valence-corrected chi connectivity index (χ2v) is 5.16. The van der Waals surface area contributed by atoms with Gasteiger partial charge in [0, 0.05) is 20.0 Å². The Morgan fingerprint density at radius 1 is 1.20 bits per heavy atom. The van der Waals surface area contributed by atoms with Gasteiger partial charge in [-0.2, -0.15) is 0 Å². The monoisotopic (exact) mass is 278 g/mol. The van der Waals surface area contributed by atoms with Gasteiger partial charge in [-0.1, -0.05) is 18.6 Å². The lowest BCUT2D eigenvalue weighted by Crippen LogP contribution is -2.27. The van der Waals surface area contributed by atoms with Crippen molar-refractivity contribution in [2.45, 2.75) is 44.6 Å². The van der Waals surface area contributed by atoms with Gasteiger partial charge in [0.05, 0.1) is 0 Å². The molecule has 1 aromatic carbocycles. The van der Waals surface area contributed by atoms with E-state index in [0.29, 0.717) is 5.92 Å². The van der Waals surface area contributed by atoms with Crippen molar-refractivity contribution in [2.75, 3.05) is 13.9 Å². The van der Waals surface area contributed by atoms with Gasteiger partial charge < -0.3 is 14.2 Å². The molecule has 0 N–H and O–H groups in total. The molecular formula is C16H22O4. The van der Waals surface area contributed by atoms with Crippen molar-refractivity contribution >= 4 is 5.97 Å². The fourth-order valence-corrected chi connectivity index (χ4v) is 2.77. The van der Waals surface area contributed by atoms with Crippen LogP contribution in [0.15, 0.2) is 24.3 Å². The predicted molar refractivity (Wildman–Crippen MR) is 75.7 cm³/mol. The largest absolute Gasteiger partial charge is 0.468 e. The number of benzene rings is 1. The molecule has 110 valence electrons. The summed E-state index contributed by atoms with van der Waals surface area (Å²) in [5.41, 5.74) is 1.21. The lowest BCUT2D eigenvalue weighted by atomic mass is 9.81. The van der Waals surface area contributed by atoms with Crippen LogP contribution in [0.25, 0.3) is 0 Å². The maximum atomic E-state index is 11.2. The zero-order valence-electron chi connectivity index (χ0n) is 12.1. The van der Waals surface area contributed by atoms with E-state index in [1.165, 1.54) is 18.9 Å². The molecule has 0 saturated heterocycles. The summed E-state index contributed by atoms with van der Waals surface area (Å²) in [5, 5.41) is 0. The van der Waals surface area contributed by atoms with E-state index >= 15 is 0 Å². The fraction of sp³-hybridized carbons (Fsp3) is 0.562. The molecule has 0 unspecified atom stereocenters. The quantitative estimate of drug-likeness (QED) is 0.612. The van der Waals surface area contributed by atoms with Gasteiger partial charge in [-0.15, -0.1) is 0 Å². The van der Waals surface area contributed by atoms with Crippen LogP contribution in [0, 0.1) is 0 Å². The number of methoxy groups -OCH3 is 1. The first-order valence-electron chi connectivity index (χ1n) is 7.09. The molecule has 4 heteroatoms. The van der Waals surface area contributed by atoms with Crippen molar-refractivity contribution in [1.29, 1.82) is 0 Å². The van der Waals surface area contributed by atoms with Gasteiger partial charge in [-0.3, -0.25) is 4.79 Å². The predicted octanol–water partition coefficient (Wildman–Crippen LogP) is 3.26. The highest BCUT2D eigenvalue weighted by molar-refractivity contribution is 5.66. The number of ether oxygens (including phenoxy) is 3. The molecule has 1 saturated carbocycles. The van der Waals surface area contributed by atoms with Gasteiger partial charge in [0.25, 0.3) is 0 Å². The van der Waals surface area contributed by atoms with Crippen LogP contribution in [0.3, 0.4) is 0 Å². The van der Waals surface area contributed by atoms with E-state index < -0.39 is 0 Å². The van der Waals surface area contributed by atoms with Crippen molar-refractivity contribution in [3.63, 3.8) is 0 Å². The molecule has 0 amide bonds. The van der Waals surface area contributed by atoms with Gasteiger partial charge >= 0.3 is 5.97 Å². The second-order valence-electron chi connectivity index (χ2n) is 5.16. The molecule has 0 aliphatic heterocycles. The van der Waals surface area contributed by atoms with E-state index in [9.17, 15) is 4.79 Å². The molecule has 2 rings (SSSR count). The molecule has 1 aliphatic carbocycles. The first-order valence-corrected chi connectivity index (χ1v) is 7.09. The lowest BCUT2D eigenvalue weighted by Gasteiger charge is -2.31. The summed E-state index contributed by atoms with van der Waals surface area (Å²) in [6.45, 7) is 1.73. The Morgan fingerprint density at radius 3 is 2.55 bits per heavy atom. The molecule has 0 heterocycles. The van der Waals surface area contributed by atoms with Crippen LogP contribution >= 0.6 is 0 Å². The normalized spacial score (nSPS) is 22.3. The van der Waals surface area contributed by atoms with E-state index in [1.807, 2.05) is 12.1 Å². The average Bonchev–Trinajstić information content (AvgIpc) is 2.46. The van der Waals surface area contributed by atoms with Crippen molar-refractivity contribution in [2.24, 2.45) is 0 Å². The van der Waals surface area contributed by atoms with Gasteiger partial charge in [0.1, 0.15) is 11.9 Å². The molecule has 20 heavy (non-hydrogen) atoms. The number of esters is 1. The second kappa shape index (κ2) is 7.29. The lowest BCUT2D eigenvalue weighted by molar-refractivity contribution is -0.148. The van der Waals surface area contributed by atoms with Crippen LogP contribution in [0.2, 0.25) is 0 Å². The molecule has 1 aliphatic rings. The zero-order chi connectivity index (χ0) is 14.4. The zero-order valence-corrected chi connectivity index (χ0v) is 12.1. The fourth-order valence-electron chi connectivity index (χ4n) is 2.77. The Morgan fingerprint density at radius 2 is 1.90 bits per heavy atom.